The monoisotopic (exact) mass is 101 g/mol. The highest BCUT2D eigenvalue weighted by Crippen LogP contribution is 1.87. The Kier molecular flexibility index (Phi) is 2.12. The Morgan fingerprint density at radius 2 is 2.29 bits per heavy atom. The van der Waals surface area contributed by atoms with Gasteiger partial charge in [-0.05, 0) is 13.8 Å². The third-order valence-corrected chi connectivity index (χ3v) is 0.770. The molecule has 0 aromatic carbocycles. The van der Waals surface area contributed by atoms with Crippen LogP contribution in [0.5, 0.6) is 0 Å². The van der Waals surface area contributed by atoms with Gasteiger partial charge in [0.15, 0.2) is 0 Å². The van der Waals surface area contributed by atoms with E-state index in [0.717, 1.165) is 0 Å². The summed E-state index contributed by atoms with van der Waals surface area (Å²) in [5.74, 6) is -0.845. The summed E-state index contributed by atoms with van der Waals surface area (Å²) >= 11 is 0. The van der Waals surface area contributed by atoms with Gasteiger partial charge in [-0.1, -0.05) is 6.08 Å². The molecule has 0 aliphatic heterocycles. The van der Waals surface area contributed by atoms with Crippen LogP contribution in [0.15, 0.2) is 11.6 Å². The summed E-state index contributed by atoms with van der Waals surface area (Å²) in [4.78, 5) is 9.86. The first-order chi connectivity index (χ1) is 3.18. The molecule has 0 spiro atoms. The van der Waals surface area contributed by atoms with Crippen LogP contribution >= 0.6 is 0 Å². The molecule has 0 fully saturated rings. The SMILES string of the molecule is CC=C(C)C(=O)O.[H+]. The molecule has 0 saturated heterocycles. The maximum atomic E-state index is 9.86. The molecule has 40 valence electrons. The fourth-order valence-electron chi connectivity index (χ4n) is 0.123. The van der Waals surface area contributed by atoms with Crippen LogP contribution in [0.3, 0.4) is 0 Å². The van der Waals surface area contributed by atoms with Gasteiger partial charge in [-0.25, -0.2) is 4.79 Å². The topological polar surface area (TPSA) is 37.3 Å². The van der Waals surface area contributed by atoms with Gasteiger partial charge in [0, 0.05) is 5.57 Å². The number of rotatable bonds is 1. The van der Waals surface area contributed by atoms with Crippen molar-refractivity contribution >= 4 is 5.97 Å². The molecule has 0 unspecified atom stereocenters. The zero-order valence-electron chi connectivity index (χ0n) is 5.43. The highest BCUT2D eigenvalue weighted by atomic mass is 16.4. The lowest BCUT2D eigenvalue weighted by molar-refractivity contribution is -0.132. The molecule has 7 heavy (non-hydrogen) atoms. The molecule has 0 aliphatic carbocycles. The van der Waals surface area contributed by atoms with E-state index in [9.17, 15) is 4.79 Å². The lowest BCUT2D eigenvalue weighted by Crippen LogP contribution is -1.93. The van der Waals surface area contributed by atoms with Crippen molar-refractivity contribution < 1.29 is 11.3 Å². The van der Waals surface area contributed by atoms with Gasteiger partial charge in [0.25, 0.3) is 0 Å². The van der Waals surface area contributed by atoms with Crippen LogP contribution in [-0.4, -0.2) is 11.1 Å². The van der Waals surface area contributed by atoms with Gasteiger partial charge >= 0.3 is 7.40 Å². The van der Waals surface area contributed by atoms with E-state index in [1.54, 1.807) is 19.9 Å². The maximum absolute atomic E-state index is 9.86. The molecule has 0 heterocycles. The first kappa shape index (κ1) is 6.21. The van der Waals surface area contributed by atoms with Crippen LogP contribution in [0.25, 0.3) is 0 Å². The summed E-state index contributed by atoms with van der Waals surface area (Å²) in [6.07, 6.45) is 1.56. The Morgan fingerprint density at radius 3 is 2.29 bits per heavy atom. The van der Waals surface area contributed by atoms with Crippen LogP contribution in [0.4, 0.5) is 0 Å². The predicted octanol–water partition coefficient (Wildman–Crippen LogP) is 1.15. The summed E-state index contributed by atoms with van der Waals surface area (Å²) in [6.45, 7) is 3.26. The number of carboxylic acid groups (broad SMARTS) is 1. The van der Waals surface area contributed by atoms with E-state index in [2.05, 4.69) is 0 Å². The maximum Gasteiger partial charge on any atom is 1.00 e. The number of allylic oxidation sites excluding steroid dienone is 1. The minimum absolute atomic E-state index is 0. The zero-order chi connectivity index (χ0) is 5.86. The molecule has 0 aromatic rings. The first-order valence-electron chi connectivity index (χ1n) is 2.04. The molecule has 2 heteroatoms. The second-order valence-electron chi connectivity index (χ2n) is 1.28. The molecular formula is C5H9O2+. The molecule has 0 aliphatic rings. The number of carbonyl (C=O) groups is 1. The molecule has 2 nitrogen and oxygen atoms in total. The fourth-order valence-corrected chi connectivity index (χ4v) is 0.123. The summed E-state index contributed by atoms with van der Waals surface area (Å²) in [7, 11) is 0. The van der Waals surface area contributed by atoms with Crippen molar-refractivity contribution in [2.45, 2.75) is 13.8 Å². The Bertz CT molecular complexity index is 107. The van der Waals surface area contributed by atoms with Crippen molar-refractivity contribution in [3.8, 4) is 0 Å². The summed E-state index contributed by atoms with van der Waals surface area (Å²) in [6, 6.07) is 0. The lowest BCUT2D eigenvalue weighted by Gasteiger charge is -1.84. The quantitative estimate of drug-likeness (QED) is 0.503. The zero-order valence-corrected chi connectivity index (χ0v) is 4.43. The van der Waals surface area contributed by atoms with Crippen molar-refractivity contribution in [2.24, 2.45) is 0 Å². The van der Waals surface area contributed by atoms with Crippen molar-refractivity contribution in [1.29, 1.82) is 0 Å². The second kappa shape index (κ2) is 2.39. The van der Waals surface area contributed by atoms with Crippen molar-refractivity contribution in [1.82, 2.24) is 0 Å². The summed E-state index contributed by atoms with van der Waals surface area (Å²) in [5.41, 5.74) is 0.389. The standard InChI is InChI=1S/C5H8O2/c1-3-4(2)5(6)7/h3H,1-2H3,(H,6,7)/p+1. The molecule has 0 aromatic heterocycles. The lowest BCUT2D eigenvalue weighted by atomic mass is 10.3. The second-order valence-corrected chi connectivity index (χ2v) is 1.28. The minimum atomic E-state index is -0.845. The average Bonchev–Trinajstić information content (AvgIpc) is 1.65. The van der Waals surface area contributed by atoms with E-state index >= 15 is 0 Å². The van der Waals surface area contributed by atoms with Gasteiger partial charge in [0.1, 0.15) is 0 Å². The molecule has 0 radical (unpaired) electrons. The van der Waals surface area contributed by atoms with Gasteiger partial charge < -0.3 is 5.11 Å². The van der Waals surface area contributed by atoms with E-state index in [0.29, 0.717) is 5.57 Å². The van der Waals surface area contributed by atoms with Crippen LogP contribution in [0.1, 0.15) is 15.3 Å². The number of hydrogen-bond donors (Lipinski definition) is 1. The van der Waals surface area contributed by atoms with E-state index < -0.39 is 5.97 Å². The molecule has 1 N–H and O–H groups in total. The van der Waals surface area contributed by atoms with Crippen LogP contribution in [0, 0.1) is 0 Å². The highest BCUT2D eigenvalue weighted by molar-refractivity contribution is 5.85. The van der Waals surface area contributed by atoms with Gasteiger partial charge in [-0.15, -0.1) is 0 Å². The van der Waals surface area contributed by atoms with Gasteiger partial charge in [-0.3, -0.25) is 0 Å². The van der Waals surface area contributed by atoms with E-state index in [-0.39, 0.29) is 1.43 Å². The van der Waals surface area contributed by atoms with Crippen LogP contribution in [-0.2, 0) is 4.79 Å². The van der Waals surface area contributed by atoms with E-state index in [1.807, 2.05) is 0 Å². The smallest absolute Gasteiger partial charge is 0.478 e. The minimum Gasteiger partial charge on any atom is -0.478 e. The van der Waals surface area contributed by atoms with Crippen LogP contribution < -0.4 is 0 Å². The Balaban J connectivity index is 0. The summed E-state index contributed by atoms with van der Waals surface area (Å²) in [5, 5.41) is 8.11. The number of aliphatic carboxylic acids is 1. The third kappa shape index (κ3) is 1.98. The van der Waals surface area contributed by atoms with Gasteiger partial charge in [-0.2, -0.15) is 0 Å². The number of hydrogen-bond acceptors (Lipinski definition) is 1. The normalized spacial score (nSPS) is 11.4. The van der Waals surface area contributed by atoms with E-state index in [1.165, 1.54) is 0 Å². The molecule has 0 amide bonds. The first-order valence-corrected chi connectivity index (χ1v) is 2.04. The largest absolute Gasteiger partial charge is 1.00 e. The Hall–Kier alpha value is -0.790. The predicted molar refractivity (Wildman–Crippen MR) is 28.2 cm³/mol. The average molecular weight is 101 g/mol. The van der Waals surface area contributed by atoms with Gasteiger partial charge in [0.2, 0.25) is 0 Å². The molecule has 0 bridgehead atoms. The number of carboxylic acids is 1. The van der Waals surface area contributed by atoms with Crippen molar-refractivity contribution in [3.63, 3.8) is 0 Å². The summed E-state index contributed by atoms with van der Waals surface area (Å²) < 4.78 is 0. The van der Waals surface area contributed by atoms with Gasteiger partial charge in [0.05, 0.1) is 0 Å². The third-order valence-electron chi connectivity index (χ3n) is 0.770. The Morgan fingerprint density at radius 1 is 1.86 bits per heavy atom. The van der Waals surface area contributed by atoms with Crippen LogP contribution in [0.2, 0.25) is 0 Å². The van der Waals surface area contributed by atoms with E-state index in [4.69, 9.17) is 5.11 Å². The molecule has 0 rings (SSSR count). The molecule has 0 atom stereocenters. The Labute approximate surface area is 43.9 Å². The van der Waals surface area contributed by atoms with Crippen molar-refractivity contribution in [3.05, 3.63) is 11.6 Å². The fraction of sp³-hybridized carbons (Fsp3) is 0.400. The molecular weight excluding hydrogens is 92.1 g/mol. The highest BCUT2D eigenvalue weighted by Gasteiger charge is 1.93. The molecule has 0 saturated carbocycles. The van der Waals surface area contributed by atoms with Crippen molar-refractivity contribution in [2.75, 3.05) is 0 Å².